The standard InChI is InChI=1S/C11H12ClIN2O/c12-9-5-7(1-2-10(9)13)11(16)15-8-3-4-14-6-8/h1-2,5,8,14H,3-4,6H2,(H,15,16). The van der Waals surface area contributed by atoms with Gasteiger partial charge in [-0.2, -0.15) is 0 Å². The van der Waals surface area contributed by atoms with Gasteiger partial charge in [0.2, 0.25) is 0 Å². The van der Waals surface area contributed by atoms with Crippen molar-refractivity contribution in [2.75, 3.05) is 13.1 Å². The number of carbonyl (C=O) groups is 1. The monoisotopic (exact) mass is 350 g/mol. The Morgan fingerprint density at radius 1 is 1.56 bits per heavy atom. The predicted octanol–water partition coefficient (Wildman–Crippen LogP) is 2.04. The summed E-state index contributed by atoms with van der Waals surface area (Å²) >= 11 is 8.12. The van der Waals surface area contributed by atoms with Gasteiger partial charge in [-0.25, -0.2) is 0 Å². The first-order valence-corrected chi connectivity index (χ1v) is 6.59. The van der Waals surface area contributed by atoms with E-state index in [0.717, 1.165) is 23.1 Å². The molecule has 1 aromatic carbocycles. The summed E-state index contributed by atoms with van der Waals surface area (Å²) in [6.07, 6.45) is 0.990. The van der Waals surface area contributed by atoms with E-state index in [4.69, 9.17) is 11.6 Å². The SMILES string of the molecule is O=C(NC1CCNC1)c1ccc(I)c(Cl)c1. The van der Waals surface area contributed by atoms with Gasteiger partial charge in [-0.15, -0.1) is 0 Å². The normalized spacial score (nSPS) is 19.8. The molecule has 0 saturated carbocycles. The Kier molecular flexibility index (Phi) is 4.05. The molecule has 1 heterocycles. The van der Waals surface area contributed by atoms with Crippen LogP contribution in [0.15, 0.2) is 18.2 Å². The fraction of sp³-hybridized carbons (Fsp3) is 0.364. The topological polar surface area (TPSA) is 41.1 Å². The molecule has 1 atom stereocenters. The molecule has 2 rings (SSSR count). The summed E-state index contributed by atoms with van der Waals surface area (Å²) in [6, 6.07) is 5.60. The zero-order chi connectivity index (χ0) is 11.5. The molecule has 1 fully saturated rings. The van der Waals surface area contributed by atoms with E-state index in [9.17, 15) is 4.79 Å². The number of benzene rings is 1. The van der Waals surface area contributed by atoms with Crippen LogP contribution in [0.1, 0.15) is 16.8 Å². The number of amides is 1. The lowest BCUT2D eigenvalue weighted by atomic mass is 10.2. The number of rotatable bonds is 2. The van der Waals surface area contributed by atoms with Crippen molar-refractivity contribution in [2.45, 2.75) is 12.5 Å². The van der Waals surface area contributed by atoms with Crippen LogP contribution >= 0.6 is 34.2 Å². The average molecular weight is 351 g/mol. The molecule has 1 amide bonds. The summed E-state index contributed by atoms with van der Waals surface area (Å²) in [7, 11) is 0. The van der Waals surface area contributed by atoms with Crippen LogP contribution in [0.5, 0.6) is 0 Å². The molecule has 0 aromatic heterocycles. The second kappa shape index (κ2) is 5.33. The molecule has 1 saturated heterocycles. The van der Waals surface area contributed by atoms with Gasteiger partial charge >= 0.3 is 0 Å². The summed E-state index contributed by atoms with van der Waals surface area (Å²) < 4.78 is 0.957. The fourth-order valence-corrected chi connectivity index (χ4v) is 2.20. The largest absolute Gasteiger partial charge is 0.348 e. The van der Waals surface area contributed by atoms with Gasteiger partial charge in [0.1, 0.15) is 0 Å². The summed E-state index contributed by atoms with van der Waals surface area (Å²) in [4.78, 5) is 11.9. The first-order chi connectivity index (χ1) is 7.66. The average Bonchev–Trinajstić information content (AvgIpc) is 2.74. The lowest BCUT2D eigenvalue weighted by molar-refractivity contribution is 0.0940. The van der Waals surface area contributed by atoms with Crippen LogP contribution in [0, 0.1) is 3.57 Å². The first-order valence-electron chi connectivity index (χ1n) is 5.13. The minimum Gasteiger partial charge on any atom is -0.348 e. The van der Waals surface area contributed by atoms with Crippen molar-refractivity contribution < 1.29 is 4.79 Å². The Hall–Kier alpha value is -0.330. The van der Waals surface area contributed by atoms with Gasteiger partial charge < -0.3 is 10.6 Å². The van der Waals surface area contributed by atoms with Gasteiger partial charge in [-0.3, -0.25) is 4.79 Å². The molecule has 3 nitrogen and oxygen atoms in total. The molecule has 1 aliphatic heterocycles. The highest BCUT2D eigenvalue weighted by molar-refractivity contribution is 14.1. The minimum atomic E-state index is -0.0491. The molecular formula is C11H12ClIN2O. The van der Waals surface area contributed by atoms with Crippen LogP contribution in [0.2, 0.25) is 5.02 Å². The molecule has 16 heavy (non-hydrogen) atoms. The van der Waals surface area contributed by atoms with Crippen molar-refractivity contribution in [3.05, 3.63) is 32.4 Å². The Bertz CT molecular complexity index is 405. The van der Waals surface area contributed by atoms with Crippen molar-refractivity contribution >= 4 is 40.1 Å². The Balaban J connectivity index is 2.05. The summed E-state index contributed by atoms with van der Waals surface area (Å²) in [6.45, 7) is 1.82. The van der Waals surface area contributed by atoms with E-state index in [1.54, 1.807) is 12.1 Å². The zero-order valence-electron chi connectivity index (χ0n) is 8.59. The number of nitrogens with one attached hydrogen (secondary N) is 2. The number of halogens is 2. The van der Waals surface area contributed by atoms with Crippen LogP contribution in [0.3, 0.4) is 0 Å². The molecule has 0 aliphatic carbocycles. The van der Waals surface area contributed by atoms with Crippen LogP contribution in [0.25, 0.3) is 0 Å². The lowest BCUT2D eigenvalue weighted by Crippen LogP contribution is -2.36. The number of hydrogen-bond donors (Lipinski definition) is 2. The number of carbonyl (C=O) groups excluding carboxylic acids is 1. The van der Waals surface area contributed by atoms with Gasteiger partial charge in [-0.1, -0.05) is 11.6 Å². The van der Waals surface area contributed by atoms with E-state index >= 15 is 0 Å². The maximum atomic E-state index is 11.9. The quantitative estimate of drug-likeness (QED) is 0.802. The van der Waals surface area contributed by atoms with Gasteiger partial charge in [-0.05, 0) is 53.8 Å². The first kappa shape index (κ1) is 12.1. The zero-order valence-corrected chi connectivity index (χ0v) is 11.5. The van der Waals surface area contributed by atoms with E-state index in [2.05, 4.69) is 33.2 Å². The summed E-state index contributed by atoms with van der Waals surface area (Å²) in [5.74, 6) is -0.0491. The van der Waals surface area contributed by atoms with Gasteiger partial charge in [0.15, 0.2) is 0 Å². The molecule has 1 aliphatic rings. The molecule has 0 bridgehead atoms. The second-order valence-electron chi connectivity index (χ2n) is 3.79. The highest BCUT2D eigenvalue weighted by Gasteiger charge is 2.17. The Labute approximate surface area is 113 Å². The Morgan fingerprint density at radius 3 is 3.00 bits per heavy atom. The van der Waals surface area contributed by atoms with Crippen molar-refractivity contribution in [3.63, 3.8) is 0 Å². The highest BCUT2D eigenvalue weighted by atomic mass is 127. The van der Waals surface area contributed by atoms with Crippen molar-refractivity contribution in [2.24, 2.45) is 0 Å². The molecular weight excluding hydrogens is 338 g/mol. The predicted molar refractivity (Wildman–Crippen MR) is 72.9 cm³/mol. The third kappa shape index (κ3) is 2.87. The molecule has 86 valence electrons. The van der Waals surface area contributed by atoms with Crippen LogP contribution in [0.4, 0.5) is 0 Å². The second-order valence-corrected chi connectivity index (χ2v) is 5.36. The van der Waals surface area contributed by atoms with Gasteiger partial charge in [0, 0.05) is 21.7 Å². The third-order valence-corrected chi connectivity index (χ3v) is 4.15. The van der Waals surface area contributed by atoms with E-state index in [-0.39, 0.29) is 11.9 Å². The van der Waals surface area contributed by atoms with Crippen LogP contribution in [-0.4, -0.2) is 25.0 Å². The van der Waals surface area contributed by atoms with Crippen molar-refractivity contribution in [1.29, 1.82) is 0 Å². The maximum Gasteiger partial charge on any atom is 0.251 e. The minimum absolute atomic E-state index is 0.0491. The molecule has 1 aromatic rings. The molecule has 0 spiro atoms. The van der Waals surface area contributed by atoms with Gasteiger partial charge in [0.25, 0.3) is 5.91 Å². The summed E-state index contributed by atoms with van der Waals surface area (Å²) in [5, 5.41) is 6.81. The maximum absolute atomic E-state index is 11.9. The van der Waals surface area contributed by atoms with Crippen molar-refractivity contribution in [3.8, 4) is 0 Å². The molecule has 1 unspecified atom stereocenters. The van der Waals surface area contributed by atoms with Crippen molar-refractivity contribution in [1.82, 2.24) is 10.6 Å². The Morgan fingerprint density at radius 2 is 2.38 bits per heavy atom. The lowest BCUT2D eigenvalue weighted by Gasteiger charge is -2.11. The smallest absolute Gasteiger partial charge is 0.251 e. The third-order valence-electron chi connectivity index (χ3n) is 2.58. The van der Waals surface area contributed by atoms with E-state index < -0.39 is 0 Å². The van der Waals surface area contributed by atoms with Crippen LogP contribution in [-0.2, 0) is 0 Å². The van der Waals surface area contributed by atoms with E-state index in [0.29, 0.717) is 10.6 Å². The number of hydrogen-bond acceptors (Lipinski definition) is 2. The van der Waals surface area contributed by atoms with E-state index in [1.165, 1.54) is 0 Å². The fourth-order valence-electron chi connectivity index (χ4n) is 1.68. The summed E-state index contributed by atoms with van der Waals surface area (Å²) in [5.41, 5.74) is 0.623. The van der Waals surface area contributed by atoms with E-state index in [1.807, 2.05) is 6.07 Å². The van der Waals surface area contributed by atoms with Crippen LogP contribution < -0.4 is 10.6 Å². The highest BCUT2D eigenvalue weighted by Crippen LogP contribution is 2.19. The van der Waals surface area contributed by atoms with Gasteiger partial charge in [0.05, 0.1) is 5.02 Å². The molecule has 5 heteroatoms. The molecule has 2 N–H and O–H groups in total. The molecule has 0 radical (unpaired) electrons.